The predicted octanol–water partition coefficient (Wildman–Crippen LogP) is 1.81. The number of hydrogen-bond acceptors (Lipinski definition) is 4. The van der Waals surface area contributed by atoms with Crippen molar-refractivity contribution in [2.24, 2.45) is 7.05 Å². The third kappa shape index (κ3) is 3.24. The summed E-state index contributed by atoms with van der Waals surface area (Å²) < 4.78 is 1.86. The lowest BCUT2D eigenvalue weighted by molar-refractivity contribution is 0.219. The number of thioether (sulfide) groups is 1. The Kier molecular flexibility index (Phi) is 4.46. The number of nitriles is 1. The highest BCUT2D eigenvalue weighted by atomic mass is 32.2. The van der Waals surface area contributed by atoms with E-state index < -0.39 is 0 Å². The number of unbranched alkanes of at least 4 members (excludes halogenated alkanes) is 1. The van der Waals surface area contributed by atoms with E-state index in [-0.39, 0.29) is 0 Å². The fraction of sp³-hybridized carbons (Fsp3) is 0.667. The molecule has 0 bridgehead atoms. The summed E-state index contributed by atoms with van der Waals surface area (Å²) in [6.07, 6.45) is 5.70. The molecule has 1 aliphatic heterocycles. The van der Waals surface area contributed by atoms with Crippen LogP contribution >= 0.6 is 11.8 Å². The summed E-state index contributed by atoms with van der Waals surface area (Å²) in [6.45, 7) is 2.14. The highest BCUT2D eigenvalue weighted by molar-refractivity contribution is 7.99. The number of aryl methyl sites for hydroxylation is 1. The lowest BCUT2D eigenvalue weighted by Gasteiger charge is -2.34. The van der Waals surface area contributed by atoms with Gasteiger partial charge in [-0.2, -0.15) is 22.1 Å². The first-order valence-corrected chi connectivity index (χ1v) is 7.14. The molecule has 1 aliphatic rings. The Labute approximate surface area is 107 Å². The van der Waals surface area contributed by atoms with Crippen molar-refractivity contribution in [1.29, 1.82) is 5.26 Å². The van der Waals surface area contributed by atoms with Gasteiger partial charge >= 0.3 is 0 Å². The highest BCUT2D eigenvalue weighted by Gasteiger charge is 2.24. The van der Waals surface area contributed by atoms with Crippen molar-refractivity contribution in [1.82, 2.24) is 14.7 Å². The summed E-state index contributed by atoms with van der Waals surface area (Å²) in [5, 5.41) is 12.8. The van der Waals surface area contributed by atoms with Crippen molar-refractivity contribution in [3.05, 3.63) is 18.0 Å². The normalized spacial score (nSPS) is 21.3. The molecule has 0 radical (unpaired) electrons. The molecule has 1 aromatic heterocycles. The minimum Gasteiger partial charge on any atom is -0.295 e. The maximum absolute atomic E-state index is 8.60. The number of aromatic nitrogens is 2. The van der Waals surface area contributed by atoms with Gasteiger partial charge in [0.05, 0.1) is 12.3 Å². The van der Waals surface area contributed by atoms with Crippen LogP contribution in [0.3, 0.4) is 0 Å². The van der Waals surface area contributed by atoms with Crippen molar-refractivity contribution in [2.45, 2.75) is 18.9 Å². The maximum atomic E-state index is 8.60. The van der Waals surface area contributed by atoms with Crippen LogP contribution in [0, 0.1) is 11.3 Å². The van der Waals surface area contributed by atoms with Crippen LogP contribution in [0.2, 0.25) is 0 Å². The van der Waals surface area contributed by atoms with Crippen molar-refractivity contribution < 1.29 is 0 Å². The van der Waals surface area contributed by atoms with Gasteiger partial charge in [-0.25, -0.2) is 0 Å². The molecule has 0 saturated carbocycles. The molecule has 2 heterocycles. The Balaban J connectivity index is 1.99. The van der Waals surface area contributed by atoms with E-state index in [1.807, 2.05) is 29.7 Å². The van der Waals surface area contributed by atoms with Gasteiger partial charge in [-0.15, -0.1) is 0 Å². The quantitative estimate of drug-likeness (QED) is 0.765. The van der Waals surface area contributed by atoms with Crippen molar-refractivity contribution in [2.75, 3.05) is 24.6 Å². The van der Waals surface area contributed by atoms with Gasteiger partial charge in [0.25, 0.3) is 0 Å². The molecule has 17 heavy (non-hydrogen) atoms. The second-order valence-electron chi connectivity index (χ2n) is 4.34. The van der Waals surface area contributed by atoms with Gasteiger partial charge in [0, 0.05) is 49.3 Å². The van der Waals surface area contributed by atoms with Gasteiger partial charge in [0.15, 0.2) is 0 Å². The molecule has 1 aromatic rings. The van der Waals surface area contributed by atoms with Crippen molar-refractivity contribution in [3.8, 4) is 6.07 Å². The Morgan fingerprint density at radius 2 is 2.53 bits per heavy atom. The van der Waals surface area contributed by atoms with E-state index in [9.17, 15) is 0 Å². The summed E-state index contributed by atoms with van der Waals surface area (Å²) in [4.78, 5) is 2.49. The number of hydrogen-bond donors (Lipinski definition) is 0. The molecule has 1 unspecified atom stereocenters. The van der Waals surface area contributed by atoms with E-state index in [1.165, 1.54) is 11.3 Å². The topological polar surface area (TPSA) is 44.9 Å². The van der Waals surface area contributed by atoms with Gasteiger partial charge in [0.2, 0.25) is 0 Å². The Bertz CT molecular complexity index is 395. The van der Waals surface area contributed by atoms with Crippen LogP contribution in [-0.2, 0) is 7.05 Å². The minimum absolute atomic E-state index is 0.473. The average Bonchev–Trinajstić information content (AvgIpc) is 2.77. The monoisotopic (exact) mass is 250 g/mol. The van der Waals surface area contributed by atoms with Gasteiger partial charge in [-0.1, -0.05) is 0 Å². The average molecular weight is 250 g/mol. The Morgan fingerprint density at radius 1 is 1.65 bits per heavy atom. The van der Waals surface area contributed by atoms with Crippen LogP contribution in [0.15, 0.2) is 12.4 Å². The number of nitrogens with zero attached hydrogens (tertiary/aromatic N) is 4. The largest absolute Gasteiger partial charge is 0.295 e. The molecular formula is C12H18N4S. The van der Waals surface area contributed by atoms with E-state index in [0.29, 0.717) is 12.5 Å². The zero-order valence-corrected chi connectivity index (χ0v) is 11.0. The van der Waals surface area contributed by atoms with Crippen molar-refractivity contribution >= 4 is 11.8 Å². The van der Waals surface area contributed by atoms with Crippen LogP contribution in [0.5, 0.6) is 0 Å². The third-order valence-corrected chi connectivity index (χ3v) is 4.11. The van der Waals surface area contributed by atoms with E-state index in [1.54, 1.807) is 0 Å². The smallest absolute Gasteiger partial charge is 0.0622 e. The first kappa shape index (κ1) is 12.5. The molecule has 92 valence electrons. The molecule has 0 amide bonds. The summed E-state index contributed by atoms with van der Waals surface area (Å²) in [5.74, 6) is 2.33. The molecule has 0 N–H and O–H groups in total. The fourth-order valence-electron chi connectivity index (χ4n) is 2.19. The predicted molar refractivity (Wildman–Crippen MR) is 69.7 cm³/mol. The van der Waals surface area contributed by atoms with Crippen molar-refractivity contribution in [3.63, 3.8) is 0 Å². The molecule has 1 saturated heterocycles. The third-order valence-electron chi connectivity index (χ3n) is 3.08. The molecule has 5 heteroatoms. The molecule has 4 nitrogen and oxygen atoms in total. The first-order chi connectivity index (χ1) is 8.31. The molecule has 0 aromatic carbocycles. The summed E-state index contributed by atoms with van der Waals surface area (Å²) in [5.41, 5.74) is 1.30. The number of rotatable bonds is 4. The van der Waals surface area contributed by atoms with Gasteiger partial charge < -0.3 is 0 Å². The van der Waals surface area contributed by atoms with Gasteiger partial charge in [0.1, 0.15) is 0 Å². The molecular weight excluding hydrogens is 232 g/mol. The van der Waals surface area contributed by atoms with Crippen LogP contribution in [0.1, 0.15) is 24.4 Å². The van der Waals surface area contributed by atoms with E-state index in [2.05, 4.69) is 22.3 Å². The lowest BCUT2D eigenvalue weighted by atomic mass is 10.1. The van der Waals surface area contributed by atoms with Crippen LogP contribution < -0.4 is 0 Å². The molecule has 1 atom stereocenters. The van der Waals surface area contributed by atoms with E-state index in [4.69, 9.17) is 5.26 Å². The second-order valence-corrected chi connectivity index (χ2v) is 5.49. The van der Waals surface area contributed by atoms with Crippen LogP contribution in [0.25, 0.3) is 0 Å². The summed E-state index contributed by atoms with van der Waals surface area (Å²) in [6, 6.07) is 2.69. The van der Waals surface area contributed by atoms with Crippen LogP contribution in [-0.4, -0.2) is 39.3 Å². The van der Waals surface area contributed by atoms with Gasteiger partial charge in [-0.3, -0.25) is 9.58 Å². The SMILES string of the molecule is Cn1cc(C2CSCCN2CCCC#N)cn1. The first-order valence-electron chi connectivity index (χ1n) is 5.98. The maximum Gasteiger partial charge on any atom is 0.0622 e. The zero-order chi connectivity index (χ0) is 12.1. The molecule has 2 rings (SSSR count). The van der Waals surface area contributed by atoms with E-state index in [0.717, 1.165) is 25.3 Å². The van der Waals surface area contributed by atoms with E-state index >= 15 is 0 Å². The molecule has 0 aliphatic carbocycles. The Morgan fingerprint density at radius 3 is 3.24 bits per heavy atom. The second kappa shape index (κ2) is 6.08. The Hall–Kier alpha value is -0.990. The summed E-state index contributed by atoms with van der Waals surface area (Å²) in [7, 11) is 1.96. The zero-order valence-electron chi connectivity index (χ0n) is 10.2. The fourth-order valence-corrected chi connectivity index (χ4v) is 3.34. The standard InChI is InChI=1S/C12H18N4S/c1-15-9-11(8-14-15)12-10-17-7-6-16(12)5-3-2-4-13/h8-9,12H,2-3,5-7,10H2,1H3. The van der Waals surface area contributed by atoms with Crippen LogP contribution in [0.4, 0.5) is 0 Å². The molecule has 1 fully saturated rings. The van der Waals surface area contributed by atoms with Gasteiger partial charge in [-0.05, 0) is 13.0 Å². The highest BCUT2D eigenvalue weighted by Crippen LogP contribution is 2.29. The minimum atomic E-state index is 0.473. The summed E-state index contributed by atoms with van der Waals surface area (Å²) >= 11 is 2.01. The molecule has 0 spiro atoms. The lowest BCUT2D eigenvalue weighted by Crippen LogP contribution is -2.36.